The van der Waals surface area contributed by atoms with E-state index in [1.165, 1.54) is 25.7 Å². The maximum atomic E-state index is 6.04. The van der Waals surface area contributed by atoms with Crippen molar-refractivity contribution in [2.45, 2.75) is 44.5 Å². The molecule has 0 N–H and O–H groups in total. The Morgan fingerprint density at radius 1 is 1.41 bits per heavy atom. The maximum absolute atomic E-state index is 6.04. The summed E-state index contributed by atoms with van der Waals surface area (Å²) in [5.41, 5.74) is 0.785. The Morgan fingerprint density at radius 2 is 2.18 bits per heavy atom. The second kappa shape index (κ2) is 5.92. The van der Waals surface area contributed by atoms with E-state index in [-0.39, 0.29) is 0 Å². The Labute approximate surface area is 113 Å². The quantitative estimate of drug-likeness (QED) is 0.720. The minimum atomic E-state index is 0.374. The van der Waals surface area contributed by atoms with Gasteiger partial charge in [-0.25, -0.2) is 4.98 Å². The van der Waals surface area contributed by atoms with E-state index in [9.17, 15) is 0 Å². The van der Waals surface area contributed by atoms with Crippen LogP contribution < -0.4 is 4.90 Å². The molecule has 1 aliphatic carbocycles. The molecule has 0 unspecified atom stereocenters. The van der Waals surface area contributed by atoms with Gasteiger partial charge in [-0.05, 0) is 31.4 Å². The second-order valence-electron chi connectivity index (χ2n) is 4.51. The van der Waals surface area contributed by atoms with Crippen LogP contribution in [0.2, 0.25) is 5.02 Å². The van der Waals surface area contributed by atoms with Gasteiger partial charge >= 0.3 is 0 Å². The Bertz CT molecular complexity index is 378. The molecule has 1 fully saturated rings. The first-order chi connectivity index (χ1) is 8.26. The molecule has 1 heterocycles. The molecule has 1 aromatic heterocycles. The molecular formula is C13H18Cl2N2. The highest BCUT2D eigenvalue weighted by Gasteiger charge is 2.29. The normalized spacial score (nSPS) is 15.0. The van der Waals surface area contributed by atoms with Crippen molar-refractivity contribution in [3.05, 3.63) is 22.8 Å². The van der Waals surface area contributed by atoms with Crippen LogP contribution in [0.4, 0.5) is 5.82 Å². The van der Waals surface area contributed by atoms with E-state index in [4.69, 9.17) is 23.2 Å². The van der Waals surface area contributed by atoms with Crippen LogP contribution in [0.5, 0.6) is 0 Å². The van der Waals surface area contributed by atoms with Crippen LogP contribution in [0, 0.1) is 0 Å². The van der Waals surface area contributed by atoms with Crippen molar-refractivity contribution in [2.24, 2.45) is 0 Å². The number of hydrogen-bond acceptors (Lipinski definition) is 2. The van der Waals surface area contributed by atoms with Crippen molar-refractivity contribution in [3.8, 4) is 0 Å². The van der Waals surface area contributed by atoms with Crippen LogP contribution in [0.25, 0.3) is 0 Å². The van der Waals surface area contributed by atoms with E-state index in [1.54, 1.807) is 0 Å². The lowest BCUT2D eigenvalue weighted by Gasteiger charge is -2.24. The first-order valence-corrected chi connectivity index (χ1v) is 7.15. The summed E-state index contributed by atoms with van der Waals surface area (Å²) in [5, 5.41) is 0.662. The smallest absolute Gasteiger partial charge is 0.129 e. The van der Waals surface area contributed by atoms with Crippen LogP contribution in [-0.4, -0.2) is 17.6 Å². The summed E-state index contributed by atoms with van der Waals surface area (Å²) in [6, 6.07) is 4.59. The number of nitrogens with zero attached hydrogens (tertiary/aromatic N) is 2. The number of pyridine rings is 1. The summed E-state index contributed by atoms with van der Waals surface area (Å²) in [5.74, 6) is 1.40. The largest absolute Gasteiger partial charge is 0.354 e. The fraction of sp³-hybridized carbons (Fsp3) is 0.615. The molecule has 0 aliphatic heterocycles. The number of hydrogen-bond donors (Lipinski definition) is 0. The van der Waals surface area contributed by atoms with Gasteiger partial charge in [0.1, 0.15) is 5.82 Å². The predicted molar refractivity (Wildman–Crippen MR) is 74.1 cm³/mol. The zero-order valence-corrected chi connectivity index (χ0v) is 11.6. The molecular weight excluding hydrogens is 255 g/mol. The summed E-state index contributed by atoms with van der Waals surface area (Å²) >= 11 is 11.9. The molecule has 2 nitrogen and oxygen atoms in total. The topological polar surface area (TPSA) is 16.1 Å². The third-order valence-corrected chi connectivity index (χ3v) is 3.66. The first kappa shape index (κ1) is 13.0. The van der Waals surface area contributed by atoms with Crippen LogP contribution in [-0.2, 0) is 5.88 Å². The third-order valence-electron chi connectivity index (χ3n) is 3.06. The summed E-state index contributed by atoms with van der Waals surface area (Å²) < 4.78 is 0. The highest BCUT2D eigenvalue weighted by molar-refractivity contribution is 6.32. The number of alkyl halides is 1. The lowest BCUT2D eigenvalue weighted by atomic mass is 10.3. The standard InChI is InChI=1S/C13H18Cl2N2/c1-2-3-8-17(10-4-5-10)13-7-6-11(15)12(9-14)16-13/h6-7,10H,2-5,8-9H2,1H3. The second-order valence-corrected chi connectivity index (χ2v) is 5.18. The Hall–Kier alpha value is -0.470. The summed E-state index contributed by atoms with van der Waals surface area (Å²) in [4.78, 5) is 6.97. The van der Waals surface area contributed by atoms with Crippen LogP contribution in [0.15, 0.2) is 12.1 Å². The minimum absolute atomic E-state index is 0.374. The fourth-order valence-corrected chi connectivity index (χ4v) is 2.37. The van der Waals surface area contributed by atoms with Gasteiger partial charge in [0.2, 0.25) is 0 Å². The average molecular weight is 273 g/mol. The number of aromatic nitrogens is 1. The maximum Gasteiger partial charge on any atom is 0.129 e. The van der Waals surface area contributed by atoms with Gasteiger partial charge in [-0.1, -0.05) is 24.9 Å². The van der Waals surface area contributed by atoms with Crippen molar-refractivity contribution >= 4 is 29.0 Å². The minimum Gasteiger partial charge on any atom is -0.354 e. The Morgan fingerprint density at radius 3 is 2.76 bits per heavy atom. The van der Waals surface area contributed by atoms with Crippen LogP contribution >= 0.6 is 23.2 Å². The number of unbranched alkanes of at least 4 members (excludes halogenated alkanes) is 1. The Balaban J connectivity index is 2.16. The van der Waals surface area contributed by atoms with Gasteiger partial charge in [0, 0.05) is 12.6 Å². The van der Waals surface area contributed by atoms with Gasteiger partial charge in [0.25, 0.3) is 0 Å². The van der Waals surface area contributed by atoms with E-state index in [0.717, 1.165) is 18.1 Å². The molecule has 1 aromatic rings. The van der Waals surface area contributed by atoms with E-state index in [2.05, 4.69) is 16.8 Å². The molecule has 1 saturated carbocycles. The molecule has 0 radical (unpaired) electrons. The Kier molecular flexibility index (Phi) is 4.52. The number of rotatable bonds is 6. The lowest BCUT2D eigenvalue weighted by molar-refractivity contribution is 0.703. The lowest BCUT2D eigenvalue weighted by Crippen LogP contribution is -2.27. The zero-order chi connectivity index (χ0) is 12.3. The predicted octanol–water partition coefficient (Wildman–Crippen LogP) is 4.24. The van der Waals surface area contributed by atoms with E-state index in [0.29, 0.717) is 16.9 Å². The van der Waals surface area contributed by atoms with Crippen molar-refractivity contribution in [1.29, 1.82) is 0 Å². The highest BCUT2D eigenvalue weighted by Crippen LogP contribution is 2.32. The summed E-state index contributed by atoms with van der Waals surface area (Å²) in [6.07, 6.45) is 4.98. The zero-order valence-electron chi connectivity index (χ0n) is 10.1. The molecule has 2 rings (SSSR count). The molecule has 17 heavy (non-hydrogen) atoms. The van der Waals surface area contributed by atoms with Gasteiger partial charge in [-0.2, -0.15) is 0 Å². The molecule has 0 aromatic carbocycles. The molecule has 94 valence electrons. The summed E-state index contributed by atoms with van der Waals surface area (Å²) in [6.45, 7) is 3.29. The molecule has 0 bridgehead atoms. The van der Waals surface area contributed by atoms with E-state index >= 15 is 0 Å². The fourth-order valence-electron chi connectivity index (χ4n) is 1.93. The van der Waals surface area contributed by atoms with Crippen molar-refractivity contribution in [3.63, 3.8) is 0 Å². The van der Waals surface area contributed by atoms with E-state index in [1.807, 2.05) is 12.1 Å². The van der Waals surface area contributed by atoms with Gasteiger partial charge in [0.05, 0.1) is 16.6 Å². The van der Waals surface area contributed by atoms with Crippen LogP contribution in [0.3, 0.4) is 0 Å². The van der Waals surface area contributed by atoms with Gasteiger partial charge in [-0.3, -0.25) is 0 Å². The average Bonchev–Trinajstić information content (AvgIpc) is 3.16. The van der Waals surface area contributed by atoms with Gasteiger partial charge < -0.3 is 4.90 Å². The van der Waals surface area contributed by atoms with Crippen molar-refractivity contribution in [1.82, 2.24) is 4.98 Å². The molecule has 0 spiro atoms. The highest BCUT2D eigenvalue weighted by atomic mass is 35.5. The number of anilines is 1. The molecule has 0 amide bonds. The molecule has 0 atom stereocenters. The first-order valence-electron chi connectivity index (χ1n) is 6.24. The van der Waals surface area contributed by atoms with Crippen molar-refractivity contribution < 1.29 is 0 Å². The molecule has 4 heteroatoms. The van der Waals surface area contributed by atoms with Gasteiger partial charge in [0.15, 0.2) is 0 Å². The van der Waals surface area contributed by atoms with E-state index < -0.39 is 0 Å². The summed E-state index contributed by atoms with van der Waals surface area (Å²) in [7, 11) is 0. The third kappa shape index (κ3) is 3.26. The van der Waals surface area contributed by atoms with Crippen LogP contribution in [0.1, 0.15) is 38.3 Å². The SMILES string of the molecule is CCCCN(c1ccc(Cl)c(CCl)n1)C1CC1. The number of halogens is 2. The monoisotopic (exact) mass is 272 g/mol. The molecule has 0 saturated heterocycles. The van der Waals surface area contributed by atoms with Crippen molar-refractivity contribution in [2.75, 3.05) is 11.4 Å². The molecule has 1 aliphatic rings. The van der Waals surface area contributed by atoms with Gasteiger partial charge in [-0.15, -0.1) is 11.6 Å².